The van der Waals surface area contributed by atoms with Crippen molar-refractivity contribution < 1.29 is 12.8 Å². The summed E-state index contributed by atoms with van der Waals surface area (Å²) in [6.07, 6.45) is 4.42. The van der Waals surface area contributed by atoms with Crippen LogP contribution in [0.4, 0.5) is 4.39 Å². The van der Waals surface area contributed by atoms with E-state index in [4.69, 9.17) is 0 Å². The van der Waals surface area contributed by atoms with E-state index in [1.54, 1.807) is 12.1 Å². The zero-order chi connectivity index (χ0) is 16.4. The largest absolute Gasteiger partial charge is 0.298 e. The molecule has 1 saturated heterocycles. The van der Waals surface area contributed by atoms with Crippen LogP contribution in [0, 0.1) is 5.82 Å². The lowest BCUT2D eigenvalue weighted by molar-refractivity contribution is 0.195. The number of aromatic amines is 1. The molecule has 1 fully saturated rings. The van der Waals surface area contributed by atoms with Gasteiger partial charge in [-0.15, -0.1) is 0 Å². The normalized spacial score (nSPS) is 19.8. The third-order valence-electron chi connectivity index (χ3n) is 4.30. The van der Waals surface area contributed by atoms with Gasteiger partial charge in [-0.1, -0.05) is 18.2 Å². The van der Waals surface area contributed by atoms with Crippen LogP contribution in [-0.2, 0) is 16.4 Å². The molecule has 1 aromatic heterocycles. The third kappa shape index (κ3) is 3.61. The number of rotatable bonds is 4. The van der Waals surface area contributed by atoms with Crippen LogP contribution in [-0.4, -0.2) is 42.9 Å². The van der Waals surface area contributed by atoms with Crippen LogP contribution in [0.5, 0.6) is 0 Å². The molecule has 7 heteroatoms. The monoisotopic (exact) mass is 337 g/mol. The van der Waals surface area contributed by atoms with E-state index < -0.39 is 9.84 Å². The minimum Gasteiger partial charge on any atom is -0.298 e. The summed E-state index contributed by atoms with van der Waals surface area (Å²) >= 11 is 0. The first-order chi connectivity index (χ1) is 10.9. The van der Waals surface area contributed by atoms with Crippen LogP contribution in [0.25, 0.3) is 0 Å². The van der Waals surface area contributed by atoms with Crippen molar-refractivity contribution in [2.24, 2.45) is 0 Å². The summed E-state index contributed by atoms with van der Waals surface area (Å²) in [5.41, 5.74) is 1.34. The van der Waals surface area contributed by atoms with E-state index in [9.17, 15) is 12.8 Å². The van der Waals surface area contributed by atoms with E-state index in [-0.39, 0.29) is 16.6 Å². The first-order valence-corrected chi connectivity index (χ1v) is 9.53. The predicted molar refractivity (Wildman–Crippen MR) is 85.3 cm³/mol. The highest BCUT2D eigenvalue weighted by molar-refractivity contribution is 7.90. The molecule has 0 spiro atoms. The van der Waals surface area contributed by atoms with Gasteiger partial charge in [0.25, 0.3) is 0 Å². The Bertz CT molecular complexity index is 788. The molecular weight excluding hydrogens is 317 g/mol. The van der Waals surface area contributed by atoms with Crippen molar-refractivity contribution in [3.63, 3.8) is 0 Å². The fourth-order valence-electron chi connectivity index (χ4n) is 3.18. The predicted octanol–water partition coefficient (Wildman–Crippen LogP) is 2.33. The Morgan fingerprint density at radius 3 is 2.91 bits per heavy atom. The molecule has 1 N–H and O–H groups in total. The molecule has 1 atom stereocenters. The molecule has 0 aliphatic carbocycles. The number of nitrogens with one attached hydrogen (secondary N) is 1. The van der Waals surface area contributed by atoms with E-state index in [1.165, 1.54) is 18.5 Å². The average Bonchev–Trinajstić information content (AvgIpc) is 3.00. The molecule has 0 radical (unpaired) electrons. The van der Waals surface area contributed by atoms with E-state index in [2.05, 4.69) is 15.1 Å². The highest BCUT2D eigenvalue weighted by Crippen LogP contribution is 2.30. The minimum atomic E-state index is -3.29. The Labute approximate surface area is 135 Å². The fourth-order valence-corrected chi connectivity index (χ4v) is 4.03. The van der Waals surface area contributed by atoms with Crippen LogP contribution in [0.15, 0.2) is 35.4 Å². The first kappa shape index (κ1) is 16.1. The second-order valence-electron chi connectivity index (χ2n) is 6.09. The van der Waals surface area contributed by atoms with Gasteiger partial charge in [0.05, 0.1) is 11.9 Å². The lowest BCUT2D eigenvalue weighted by Crippen LogP contribution is -2.34. The molecule has 2 aromatic rings. The number of sulfone groups is 1. The van der Waals surface area contributed by atoms with Gasteiger partial charge < -0.3 is 0 Å². The Balaban J connectivity index is 1.77. The van der Waals surface area contributed by atoms with E-state index in [0.29, 0.717) is 24.3 Å². The molecule has 3 rings (SSSR count). The highest BCUT2D eigenvalue weighted by atomic mass is 32.2. The van der Waals surface area contributed by atoms with Crippen molar-refractivity contribution in [1.82, 2.24) is 15.1 Å². The van der Waals surface area contributed by atoms with Crippen LogP contribution < -0.4 is 0 Å². The molecule has 124 valence electrons. The quantitative estimate of drug-likeness (QED) is 0.930. The topological polar surface area (TPSA) is 66.1 Å². The van der Waals surface area contributed by atoms with Crippen molar-refractivity contribution >= 4 is 9.84 Å². The molecule has 1 aliphatic heterocycles. The number of benzene rings is 1. The minimum absolute atomic E-state index is 0.0720. The van der Waals surface area contributed by atoms with Crippen LogP contribution in [0.3, 0.4) is 0 Å². The fraction of sp³-hybridized carbons (Fsp3) is 0.438. The summed E-state index contributed by atoms with van der Waals surface area (Å²) in [5.74, 6) is -0.129. The number of hydrogen-bond donors (Lipinski definition) is 1. The number of likely N-dealkylation sites (tertiary alicyclic amines) is 1. The Hall–Kier alpha value is -1.73. The lowest BCUT2D eigenvalue weighted by Gasteiger charge is -2.32. The summed E-state index contributed by atoms with van der Waals surface area (Å²) in [7, 11) is -3.29. The smallest absolute Gasteiger partial charge is 0.178 e. The summed E-state index contributed by atoms with van der Waals surface area (Å²) in [5, 5.41) is 6.75. The number of halogens is 1. The molecule has 2 heterocycles. The molecule has 5 nitrogen and oxygen atoms in total. The van der Waals surface area contributed by atoms with Crippen molar-refractivity contribution in [3.05, 3.63) is 47.5 Å². The van der Waals surface area contributed by atoms with Crippen molar-refractivity contribution in [3.8, 4) is 0 Å². The van der Waals surface area contributed by atoms with E-state index in [0.717, 1.165) is 19.4 Å². The van der Waals surface area contributed by atoms with Crippen molar-refractivity contribution in [2.45, 2.75) is 30.2 Å². The van der Waals surface area contributed by atoms with Crippen LogP contribution in [0.1, 0.15) is 30.0 Å². The Morgan fingerprint density at radius 1 is 1.39 bits per heavy atom. The summed E-state index contributed by atoms with van der Waals surface area (Å²) in [4.78, 5) is 2.44. The molecule has 0 amide bonds. The maximum Gasteiger partial charge on any atom is 0.178 e. The van der Waals surface area contributed by atoms with Gasteiger partial charge >= 0.3 is 0 Å². The van der Waals surface area contributed by atoms with Gasteiger partial charge in [0.1, 0.15) is 10.7 Å². The average molecular weight is 337 g/mol. The number of piperidine rings is 1. The second kappa shape index (κ2) is 6.41. The Kier molecular flexibility index (Phi) is 4.50. The van der Waals surface area contributed by atoms with Crippen molar-refractivity contribution in [2.75, 3.05) is 19.3 Å². The number of hydrogen-bond acceptors (Lipinski definition) is 4. The zero-order valence-corrected chi connectivity index (χ0v) is 13.8. The first-order valence-electron chi connectivity index (χ1n) is 7.64. The van der Waals surface area contributed by atoms with Gasteiger partial charge in [-0.2, -0.15) is 5.10 Å². The SMILES string of the molecule is CS(=O)(=O)c1cn[nH]c1[C@H]1CCCN(Cc2ccccc2F)C1. The molecule has 0 unspecified atom stereocenters. The summed E-state index contributed by atoms with van der Waals surface area (Å²) in [6, 6.07) is 6.77. The second-order valence-corrected chi connectivity index (χ2v) is 8.07. The maximum atomic E-state index is 13.8. The molecule has 1 aliphatic rings. The number of H-pyrrole nitrogens is 1. The summed E-state index contributed by atoms with van der Waals surface area (Å²) < 4.78 is 37.5. The Morgan fingerprint density at radius 2 is 2.17 bits per heavy atom. The lowest BCUT2D eigenvalue weighted by atomic mass is 9.94. The molecule has 0 bridgehead atoms. The van der Waals surface area contributed by atoms with Crippen molar-refractivity contribution in [1.29, 1.82) is 0 Å². The zero-order valence-electron chi connectivity index (χ0n) is 13.0. The molecule has 0 saturated carbocycles. The highest BCUT2D eigenvalue weighted by Gasteiger charge is 2.27. The van der Waals surface area contributed by atoms with Crippen LogP contribution >= 0.6 is 0 Å². The van der Waals surface area contributed by atoms with Gasteiger partial charge in [-0.25, -0.2) is 12.8 Å². The van der Waals surface area contributed by atoms with Gasteiger partial charge in [0.15, 0.2) is 9.84 Å². The van der Waals surface area contributed by atoms with Gasteiger partial charge in [0, 0.05) is 30.8 Å². The van der Waals surface area contributed by atoms with Gasteiger partial charge in [-0.05, 0) is 25.5 Å². The van der Waals surface area contributed by atoms with Gasteiger partial charge in [-0.3, -0.25) is 10.00 Å². The maximum absolute atomic E-state index is 13.8. The van der Waals surface area contributed by atoms with E-state index in [1.807, 2.05) is 6.07 Å². The number of aromatic nitrogens is 2. The number of nitrogens with zero attached hydrogens (tertiary/aromatic N) is 2. The van der Waals surface area contributed by atoms with Gasteiger partial charge in [0.2, 0.25) is 0 Å². The molecule has 23 heavy (non-hydrogen) atoms. The third-order valence-corrected chi connectivity index (χ3v) is 5.42. The van der Waals surface area contributed by atoms with E-state index >= 15 is 0 Å². The van der Waals surface area contributed by atoms with Crippen LogP contribution in [0.2, 0.25) is 0 Å². The molecule has 1 aromatic carbocycles. The standard InChI is InChI=1S/C16H20FN3O2S/c1-23(21,22)15-9-18-19-16(15)13-6-4-8-20(11-13)10-12-5-2-3-7-14(12)17/h2-3,5,7,9,13H,4,6,8,10-11H2,1H3,(H,18,19)/t13-/m0/s1. The summed E-state index contributed by atoms with van der Waals surface area (Å²) in [6.45, 7) is 2.11. The molecular formula is C16H20FN3O2S.